The van der Waals surface area contributed by atoms with Gasteiger partial charge in [-0.15, -0.1) is 0 Å². The molecule has 35 nitrogen and oxygen atoms in total. The van der Waals surface area contributed by atoms with Crippen molar-refractivity contribution in [2.24, 2.45) is 12.0 Å². The van der Waals surface area contributed by atoms with E-state index in [1.54, 1.807) is 78.9 Å². The maximum atomic E-state index is 9.53. The summed E-state index contributed by atoms with van der Waals surface area (Å²) in [5.41, 5.74) is 19.9. The second-order valence-electron chi connectivity index (χ2n) is 28.5. The van der Waals surface area contributed by atoms with Crippen LogP contribution in [0, 0.1) is 34.6 Å². The van der Waals surface area contributed by atoms with Gasteiger partial charge in [-0.1, -0.05) is 25.8 Å². The smallest absolute Gasteiger partial charge is 0.223 e. The van der Waals surface area contributed by atoms with Crippen LogP contribution in [-0.4, -0.2) is 181 Å². The Kier molecular flexibility index (Phi) is 22.8. The fourth-order valence-corrected chi connectivity index (χ4v) is 13.8. The average molecular weight is 1640 g/mol. The van der Waals surface area contributed by atoms with Crippen molar-refractivity contribution in [3.8, 4) is 114 Å². The van der Waals surface area contributed by atoms with E-state index in [0.717, 1.165) is 164 Å². The highest BCUT2D eigenvalue weighted by molar-refractivity contribution is 6.07. The minimum absolute atomic E-state index is 0.0175. The number of hydrogen-bond donors (Lipinski definition) is 3. The third-order valence-corrected chi connectivity index (χ3v) is 19.9. The summed E-state index contributed by atoms with van der Waals surface area (Å²) in [5, 5.41) is 43.7. The molecular formula is C88H77N27O8. The quantitative estimate of drug-likeness (QED) is 0.0718. The number of methoxy groups -OCH3 is 1. The standard InChI is InChI=1S/C19H14N6O.C18H17N5O2.C17H16N6O.2C17H15N5O2/c1-12-23-19(24-26-12)13-2-6-21-16(8-13)17-9-18-14(10-22-17)4-7-25(18)15-3-5-20-11-15;1-12-21-18(22-25-12)13-3-5-19-15(9-13)16-10-17-14(11-20-16)4-6-23(17)7-8-24-2;1-10-21-17(22-24-10)11-4-5-18-13(6-11)14-7-12-15(8-19-14)20-9-16(12)23(2)3;1-10-20-17(21-24-10)11-3-4-18-14(5-11)15-6-13-12(9-23)8-22(2)16(13)7-19-15;1-11-20-17(21-24-11)12-2-4-18-14(8-12)15-9-16-13(10-19-15)3-5-22(16)6-7-23/h2-4,6-11H,5H2,1H3;3-6,9-11H,7-8H2,1-2H3;4-9,20H,1-3H3;3-8,23H,9H2,1-2H3;2-5,8-10,23H,6-7H2,1H3. The van der Waals surface area contributed by atoms with Crippen molar-refractivity contribution in [1.29, 1.82) is 0 Å². The van der Waals surface area contributed by atoms with E-state index in [4.69, 9.17) is 27.4 Å². The number of ether oxygens (including phenoxy) is 1. The number of aryl methyl sites for hydroxylation is 6. The molecule has 0 bridgehead atoms. The third-order valence-electron chi connectivity index (χ3n) is 19.9. The Balaban J connectivity index is 0.000000109. The fourth-order valence-electron chi connectivity index (χ4n) is 13.8. The number of aliphatic hydroxyl groups is 2. The summed E-state index contributed by atoms with van der Waals surface area (Å²) in [5.74, 6) is 5.32. The van der Waals surface area contributed by atoms with Crippen molar-refractivity contribution in [2.75, 3.05) is 45.9 Å². The van der Waals surface area contributed by atoms with E-state index in [1.165, 1.54) is 0 Å². The lowest BCUT2D eigenvalue weighted by atomic mass is 10.1. The van der Waals surface area contributed by atoms with Gasteiger partial charge in [0.25, 0.3) is 0 Å². The summed E-state index contributed by atoms with van der Waals surface area (Å²) in [6.45, 7) is 11.6. The van der Waals surface area contributed by atoms with Crippen LogP contribution < -0.4 is 4.90 Å². The second-order valence-corrected chi connectivity index (χ2v) is 28.5. The molecule has 0 spiro atoms. The highest BCUT2D eigenvalue weighted by Gasteiger charge is 2.20. The first-order valence-corrected chi connectivity index (χ1v) is 38.8. The van der Waals surface area contributed by atoms with E-state index in [0.29, 0.717) is 77.4 Å². The summed E-state index contributed by atoms with van der Waals surface area (Å²) >= 11 is 0. The first-order chi connectivity index (χ1) is 60.0. The van der Waals surface area contributed by atoms with E-state index in [-0.39, 0.29) is 13.2 Å². The van der Waals surface area contributed by atoms with Crippen molar-refractivity contribution < 1.29 is 37.6 Å². The van der Waals surface area contributed by atoms with E-state index in [1.807, 2.05) is 201 Å². The van der Waals surface area contributed by atoms with Crippen LogP contribution in [0.25, 0.3) is 174 Å². The molecule has 3 N–H and O–H groups in total. The lowest BCUT2D eigenvalue weighted by Crippen LogP contribution is -2.07. The molecule has 612 valence electrons. The van der Waals surface area contributed by atoms with E-state index in [9.17, 15) is 10.2 Å². The average Bonchev–Trinajstić information content (AvgIpc) is 1.66. The van der Waals surface area contributed by atoms with Crippen LogP contribution in [-0.2, 0) is 31.5 Å². The molecule has 20 aromatic heterocycles. The number of nitrogens with zero attached hydrogens (tertiary/aromatic N) is 26. The van der Waals surface area contributed by atoms with E-state index >= 15 is 0 Å². The highest BCUT2D eigenvalue weighted by atomic mass is 16.5. The minimum Gasteiger partial charge on any atom is -0.395 e. The van der Waals surface area contributed by atoms with Crippen molar-refractivity contribution in [1.82, 2.24) is 124 Å². The molecule has 35 heteroatoms. The molecule has 21 rings (SSSR count). The van der Waals surface area contributed by atoms with Gasteiger partial charge in [-0.2, -0.15) is 24.9 Å². The monoisotopic (exact) mass is 1640 g/mol. The zero-order chi connectivity index (χ0) is 84.6. The molecule has 1 aliphatic heterocycles. The number of fused-ring (bicyclic) bond motifs is 5. The maximum Gasteiger partial charge on any atom is 0.223 e. The van der Waals surface area contributed by atoms with Crippen molar-refractivity contribution in [3.05, 3.63) is 243 Å². The van der Waals surface area contributed by atoms with Crippen molar-refractivity contribution in [2.45, 2.75) is 54.3 Å². The number of aliphatic hydroxyl groups excluding tert-OH is 2. The van der Waals surface area contributed by atoms with Crippen LogP contribution in [0.3, 0.4) is 0 Å². The summed E-state index contributed by atoms with van der Waals surface area (Å²) in [6, 6.07) is 34.8. The van der Waals surface area contributed by atoms with E-state index < -0.39 is 0 Å². The predicted octanol–water partition coefficient (Wildman–Crippen LogP) is 14.5. The molecule has 21 heterocycles. The molecule has 0 atom stereocenters. The number of aliphatic imine (C=N–C) groups is 1. The SMILES string of the molecule is COCCn1ccc2cnc(-c3cc(-c4noc(C)n4)ccn3)cc21.Cc1nc(-c2ccnc(-c3cc4c(CO)cn(C)c4cn3)c2)no1.Cc1nc(-c2ccnc(-c3cc4c(N(C)C)c[nH]c4cn3)c2)no1.Cc1nc(-c2ccnc(-c3cc4c(ccn4C4=CCN=C4)cn3)c2)no1.Cc1nc(-c2ccnc(-c3cc4c(ccn4CCO)cn3)c2)no1. The maximum absolute atomic E-state index is 9.53. The first kappa shape index (κ1) is 79.5. The van der Waals surface area contributed by atoms with Gasteiger partial charge in [-0.25, -0.2) is 0 Å². The number of nitrogens with one attached hydrogen (secondary N) is 1. The highest BCUT2D eigenvalue weighted by Crippen LogP contribution is 2.34. The number of hydrogen-bond acceptors (Lipinski definition) is 30. The third kappa shape index (κ3) is 17.5. The Morgan fingerprint density at radius 1 is 0.431 bits per heavy atom. The van der Waals surface area contributed by atoms with Gasteiger partial charge in [0.05, 0.1) is 135 Å². The predicted molar refractivity (Wildman–Crippen MR) is 459 cm³/mol. The number of pyridine rings is 10. The van der Waals surface area contributed by atoms with Crippen molar-refractivity contribution >= 4 is 72.1 Å². The molecule has 0 saturated heterocycles. The molecule has 0 amide bonds. The van der Waals surface area contributed by atoms with Gasteiger partial charge in [0.1, 0.15) is 0 Å². The summed E-state index contributed by atoms with van der Waals surface area (Å²) in [7, 11) is 7.66. The zero-order valence-electron chi connectivity index (χ0n) is 67.9. The number of rotatable bonds is 18. The van der Waals surface area contributed by atoms with Gasteiger partial charge in [0.15, 0.2) is 0 Å². The Morgan fingerprint density at radius 3 is 1.20 bits per heavy atom. The van der Waals surface area contributed by atoms with Crippen molar-refractivity contribution in [3.63, 3.8) is 0 Å². The van der Waals surface area contributed by atoms with Crippen LogP contribution in [0.2, 0.25) is 0 Å². The largest absolute Gasteiger partial charge is 0.395 e. The normalized spacial score (nSPS) is 11.7. The van der Waals surface area contributed by atoms with Gasteiger partial charge in [-0.05, 0) is 115 Å². The fraction of sp³-hybridized carbons (Fsp3) is 0.170. The van der Waals surface area contributed by atoms with Gasteiger partial charge in [0.2, 0.25) is 58.6 Å². The molecule has 0 unspecified atom stereocenters. The Hall–Kier alpha value is -16.0. The number of anilines is 1. The van der Waals surface area contributed by atoms with Crippen LogP contribution in [0.15, 0.2) is 236 Å². The van der Waals surface area contributed by atoms with Gasteiger partial charge in [-0.3, -0.25) is 54.8 Å². The lowest BCUT2D eigenvalue weighted by molar-refractivity contribution is 0.188. The summed E-state index contributed by atoms with van der Waals surface area (Å²) in [6.07, 6.45) is 31.6. The van der Waals surface area contributed by atoms with E-state index in [2.05, 4.69) is 131 Å². The molecule has 0 saturated carbocycles. The molecule has 0 radical (unpaired) electrons. The Bertz CT molecular complexity index is 7240. The Morgan fingerprint density at radius 2 is 0.813 bits per heavy atom. The molecular weight excluding hydrogens is 1560 g/mol. The molecule has 1 aliphatic rings. The number of H-pyrrole nitrogens is 1. The van der Waals surface area contributed by atoms with Gasteiger partial charge in [0, 0.05) is 223 Å². The zero-order valence-corrected chi connectivity index (χ0v) is 67.9. The number of aromatic nitrogens is 25. The molecule has 0 fully saturated rings. The summed E-state index contributed by atoms with van der Waals surface area (Å²) in [4.78, 5) is 75.6. The molecule has 20 aromatic rings. The first-order valence-electron chi connectivity index (χ1n) is 38.8. The number of allylic oxidation sites excluding steroid dienone is 1. The molecule has 0 aromatic carbocycles. The Labute approximate surface area is 699 Å². The van der Waals surface area contributed by atoms with Crippen LogP contribution in [0.5, 0.6) is 0 Å². The van der Waals surface area contributed by atoms with Crippen LogP contribution >= 0.6 is 0 Å². The van der Waals surface area contributed by atoms with Gasteiger partial charge < -0.3 is 65.7 Å². The summed E-state index contributed by atoms with van der Waals surface area (Å²) < 4.78 is 38.6. The second kappa shape index (κ2) is 35.3. The lowest BCUT2D eigenvalue weighted by Gasteiger charge is -2.10. The van der Waals surface area contributed by atoms with Gasteiger partial charge >= 0.3 is 0 Å². The minimum atomic E-state index is -0.0175. The molecule has 0 aliphatic carbocycles. The van der Waals surface area contributed by atoms with Crippen LogP contribution in [0.4, 0.5) is 5.69 Å². The molecule has 123 heavy (non-hydrogen) atoms. The van der Waals surface area contributed by atoms with Crippen LogP contribution in [0.1, 0.15) is 35.0 Å². The number of aromatic amines is 1. The topological polar surface area (TPSA) is 424 Å².